The van der Waals surface area contributed by atoms with Crippen LogP contribution < -0.4 is 14.8 Å². The molecule has 150 valence electrons. The van der Waals surface area contributed by atoms with Crippen LogP contribution in [0.25, 0.3) is 10.7 Å². The van der Waals surface area contributed by atoms with Gasteiger partial charge in [0.05, 0.1) is 19.9 Å². The van der Waals surface area contributed by atoms with Crippen LogP contribution in [-0.4, -0.2) is 42.2 Å². The zero-order valence-electron chi connectivity index (χ0n) is 16.0. The normalized spacial score (nSPS) is 11.4. The molecule has 0 aliphatic carbocycles. The van der Waals surface area contributed by atoms with Crippen molar-refractivity contribution in [2.24, 2.45) is 0 Å². The predicted octanol–water partition coefficient (Wildman–Crippen LogP) is 3.41. The van der Waals surface area contributed by atoms with Crippen LogP contribution >= 0.6 is 11.3 Å². The minimum absolute atomic E-state index is 0.126. The summed E-state index contributed by atoms with van der Waals surface area (Å²) in [6.45, 7) is 1.49. The molecule has 29 heavy (non-hydrogen) atoms. The van der Waals surface area contributed by atoms with Crippen LogP contribution in [0.2, 0.25) is 0 Å². The molecule has 0 aliphatic heterocycles. The molecule has 3 aromatic rings. The van der Waals surface area contributed by atoms with Crippen molar-refractivity contribution in [1.29, 1.82) is 0 Å². The zero-order chi connectivity index (χ0) is 20.8. The zero-order valence-corrected chi connectivity index (χ0v) is 16.9. The van der Waals surface area contributed by atoms with Crippen molar-refractivity contribution in [2.45, 2.75) is 13.0 Å². The Morgan fingerprint density at radius 1 is 1.10 bits per heavy atom. The summed E-state index contributed by atoms with van der Waals surface area (Å²) < 4.78 is 15.6. The van der Waals surface area contributed by atoms with Gasteiger partial charge in [-0.2, -0.15) is 0 Å². The van der Waals surface area contributed by atoms with E-state index in [4.69, 9.17) is 14.2 Å². The van der Waals surface area contributed by atoms with E-state index in [1.165, 1.54) is 32.5 Å². The van der Waals surface area contributed by atoms with E-state index >= 15 is 0 Å². The highest BCUT2D eigenvalue weighted by molar-refractivity contribution is 7.13. The molecule has 1 unspecified atom stereocenters. The number of amides is 1. The number of carbonyl (C=O) groups excluding carboxylic acids is 2. The van der Waals surface area contributed by atoms with Crippen molar-refractivity contribution in [1.82, 2.24) is 9.97 Å². The van der Waals surface area contributed by atoms with Gasteiger partial charge < -0.3 is 19.5 Å². The SMILES string of the molecule is COc1ccc(NC(=O)C(C)OC(=O)c2csc(-c3ccccn3)n2)cc1OC. The molecule has 0 fully saturated rings. The smallest absolute Gasteiger partial charge is 0.358 e. The Bertz CT molecular complexity index is 1010. The molecule has 0 bridgehead atoms. The average molecular weight is 413 g/mol. The molecule has 1 atom stereocenters. The first-order valence-corrected chi connectivity index (χ1v) is 9.50. The first kappa shape index (κ1) is 20.3. The second-order valence-electron chi connectivity index (χ2n) is 5.86. The molecule has 1 N–H and O–H groups in total. The summed E-state index contributed by atoms with van der Waals surface area (Å²) in [5, 5.41) is 4.85. The number of esters is 1. The van der Waals surface area contributed by atoms with Gasteiger partial charge in [0, 0.05) is 23.3 Å². The van der Waals surface area contributed by atoms with Gasteiger partial charge in [-0.15, -0.1) is 11.3 Å². The summed E-state index contributed by atoms with van der Waals surface area (Å²) in [6.07, 6.45) is 0.630. The quantitative estimate of drug-likeness (QED) is 0.593. The molecule has 0 radical (unpaired) electrons. The van der Waals surface area contributed by atoms with Crippen molar-refractivity contribution >= 4 is 28.9 Å². The molecule has 8 nitrogen and oxygen atoms in total. The second-order valence-corrected chi connectivity index (χ2v) is 6.72. The van der Waals surface area contributed by atoms with Gasteiger partial charge in [0.2, 0.25) is 0 Å². The van der Waals surface area contributed by atoms with Gasteiger partial charge in [-0.25, -0.2) is 9.78 Å². The minimum atomic E-state index is -1.02. The van der Waals surface area contributed by atoms with Gasteiger partial charge >= 0.3 is 5.97 Å². The molecule has 1 amide bonds. The van der Waals surface area contributed by atoms with Crippen LogP contribution in [0.1, 0.15) is 17.4 Å². The minimum Gasteiger partial charge on any atom is -0.493 e. The topological polar surface area (TPSA) is 99.6 Å². The summed E-state index contributed by atoms with van der Waals surface area (Å²) in [5.74, 6) is -0.152. The van der Waals surface area contributed by atoms with E-state index in [9.17, 15) is 9.59 Å². The summed E-state index contributed by atoms with van der Waals surface area (Å²) >= 11 is 1.28. The largest absolute Gasteiger partial charge is 0.493 e. The standard InChI is InChI=1S/C20H19N3O5S/c1-12(18(24)22-13-7-8-16(26-2)17(10-13)27-3)28-20(25)15-11-29-19(23-15)14-6-4-5-9-21-14/h4-12H,1-3H3,(H,22,24). The van der Waals surface area contributed by atoms with Crippen molar-refractivity contribution < 1.29 is 23.8 Å². The number of pyridine rings is 1. The first-order valence-electron chi connectivity index (χ1n) is 8.62. The van der Waals surface area contributed by atoms with Gasteiger partial charge in [0.1, 0.15) is 5.01 Å². The Hall–Kier alpha value is -3.46. The monoisotopic (exact) mass is 413 g/mol. The summed E-state index contributed by atoms with van der Waals surface area (Å²) in [6, 6.07) is 10.4. The lowest BCUT2D eigenvalue weighted by molar-refractivity contribution is -0.123. The van der Waals surface area contributed by atoms with Crippen molar-refractivity contribution in [3.8, 4) is 22.2 Å². The van der Waals surface area contributed by atoms with Gasteiger partial charge in [-0.3, -0.25) is 9.78 Å². The number of nitrogens with one attached hydrogen (secondary N) is 1. The Kier molecular flexibility index (Phi) is 6.40. The second kappa shape index (κ2) is 9.16. The van der Waals surface area contributed by atoms with E-state index in [2.05, 4.69) is 15.3 Å². The lowest BCUT2D eigenvalue weighted by atomic mass is 10.2. The van der Waals surface area contributed by atoms with Crippen LogP contribution in [0.15, 0.2) is 48.0 Å². The number of anilines is 1. The number of rotatable bonds is 7. The average Bonchev–Trinajstić information content (AvgIpc) is 3.24. The Morgan fingerprint density at radius 3 is 2.59 bits per heavy atom. The predicted molar refractivity (Wildman–Crippen MR) is 108 cm³/mol. The Labute approximate surface area is 171 Å². The molecular formula is C20H19N3O5S. The molecule has 9 heteroatoms. The van der Waals surface area contributed by atoms with Crippen molar-refractivity contribution in [3.05, 3.63) is 53.7 Å². The maximum absolute atomic E-state index is 12.4. The van der Waals surface area contributed by atoms with Crippen LogP contribution in [0.3, 0.4) is 0 Å². The van der Waals surface area contributed by atoms with Crippen molar-refractivity contribution in [3.63, 3.8) is 0 Å². The Balaban J connectivity index is 1.62. The molecule has 2 heterocycles. The van der Waals surface area contributed by atoms with E-state index in [1.54, 1.807) is 41.9 Å². The number of methoxy groups -OCH3 is 2. The molecule has 2 aromatic heterocycles. The molecular weight excluding hydrogens is 394 g/mol. The van der Waals surface area contributed by atoms with Gasteiger partial charge in [0.25, 0.3) is 5.91 Å². The molecule has 0 aliphatic rings. The van der Waals surface area contributed by atoms with Crippen LogP contribution in [0.5, 0.6) is 11.5 Å². The van der Waals surface area contributed by atoms with E-state index in [0.717, 1.165) is 0 Å². The summed E-state index contributed by atoms with van der Waals surface area (Å²) in [4.78, 5) is 33.1. The highest BCUT2D eigenvalue weighted by atomic mass is 32.1. The number of thiazole rings is 1. The number of ether oxygens (including phenoxy) is 3. The van der Waals surface area contributed by atoms with Gasteiger partial charge in [-0.05, 0) is 31.2 Å². The number of benzene rings is 1. The lowest BCUT2D eigenvalue weighted by Crippen LogP contribution is -2.30. The van der Waals surface area contributed by atoms with E-state index in [0.29, 0.717) is 27.9 Å². The molecule has 1 aromatic carbocycles. The summed E-state index contributed by atoms with van der Waals surface area (Å²) in [5.41, 5.74) is 1.28. The maximum atomic E-state index is 12.4. The van der Waals surface area contributed by atoms with Gasteiger partial charge in [0.15, 0.2) is 23.3 Å². The highest BCUT2D eigenvalue weighted by Gasteiger charge is 2.21. The molecule has 0 saturated carbocycles. The van der Waals surface area contributed by atoms with Gasteiger partial charge in [-0.1, -0.05) is 6.07 Å². The summed E-state index contributed by atoms with van der Waals surface area (Å²) in [7, 11) is 3.02. The lowest BCUT2D eigenvalue weighted by Gasteiger charge is -2.14. The highest BCUT2D eigenvalue weighted by Crippen LogP contribution is 2.29. The maximum Gasteiger partial charge on any atom is 0.358 e. The number of hydrogen-bond acceptors (Lipinski definition) is 8. The molecule has 0 saturated heterocycles. The van der Waals surface area contributed by atoms with Crippen LogP contribution in [0, 0.1) is 0 Å². The first-order chi connectivity index (χ1) is 14.0. The van der Waals surface area contributed by atoms with Crippen LogP contribution in [-0.2, 0) is 9.53 Å². The fourth-order valence-electron chi connectivity index (χ4n) is 2.41. The third kappa shape index (κ3) is 4.88. The number of carbonyl (C=O) groups is 2. The molecule has 0 spiro atoms. The number of hydrogen-bond donors (Lipinski definition) is 1. The van der Waals surface area contributed by atoms with E-state index in [1.807, 2.05) is 6.07 Å². The van der Waals surface area contributed by atoms with E-state index < -0.39 is 18.0 Å². The third-order valence-corrected chi connectivity index (χ3v) is 4.77. The number of aromatic nitrogens is 2. The fraction of sp³-hybridized carbons (Fsp3) is 0.200. The van der Waals surface area contributed by atoms with E-state index in [-0.39, 0.29) is 5.69 Å². The Morgan fingerprint density at radius 2 is 1.90 bits per heavy atom. The fourth-order valence-corrected chi connectivity index (χ4v) is 3.17. The third-order valence-electron chi connectivity index (χ3n) is 3.90. The van der Waals surface area contributed by atoms with Crippen molar-refractivity contribution in [2.75, 3.05) is 19.5 Å². The van der Waals surface area contributed by atoms with Crippen LogP contribution in [0.4, 0.5) is 5.69 Å². The number of nitrogens with zero attached hydrogens (tertiary/aromatic N) is 2. The molecule has 3 rings (SSSR count).